The van der Waals surface area contributed by atoms with Gasteiger partial charge in [0.1, 0.15) is 6.17 Å². The molecule has 0 saturated carbocycles. The third-order valence-electron chi connectivity index (χ3n) is 4.83. The first kappa shape index (κ1) is 16.6. The molecule has 0 saturated heterocycles. The van der Waals surface area contributed by atoms with Crippen molar-refractivity contribution in [1.82, 2.24) is 9.97 Å². The van der Waals surface area contributed by atoms with E-state index in [4.69, 9.17) is 0 Å². The Morgan fingerprint density at radius 3 is 1.31 bits per heavy atom. The van der Waals surface area contributed by atoms with E-state index >= 15 is 0 Å². The molecule has 0 fully saturated rings. The number of hydrogen-bond acceptors (Lipinski definition) is 4. The number of hydrogen-bond donors (Lipinski definition) is 0. The summed E-state index contributed by atoms with van der Waals surface area (Å²) in [6, 6.07) is 13.3. The van der Waals surface area contributed by atoms with Crippen molar-refractivity contribution in [1.29, 1.82) is 0 Å². The van der Waals surface area contributed by atoms with Gasteiger partial charge in [0.15, 0.2) is 11.6 Å². The molecule has 0 unspecified atom stereocenters. The van der Waals surface area contributed by atoms with E-state index in [9.17, 15) is 0 Å². The molecule has 2 heterocycles. The Morgan fingerprint density at radius 1 is 0.615 bits per heavy atom. The molecule has 4 nitrogen and oxygen atoms in total. The Balaban J connectivity index is 1.88. The van der Waals surface area contributed by atoms with Crippen molar-refractivity contribution in [3.05, 3.63) is 71.0 Å². The number of benzene rings is 2. The lowest BCUT2D eigenvalue weighted by Crippen LogP contribution is -2.35. The first-order chi connectivity index (χ1) is 12.4. The fourth-order valence-corrected chi connectivity index (χ4v) is 3.99. The molecular formula is C22H24N4. The summed E-state index contributed by atoms with van der Waals surface area (Å²) in [5, 5.41) is 0. The van der Waals surface area contributed by atoms with Crippen LogP contribution in [0.15, 0.2) is 48.8 Å². The standard InChI is InChI=1S/C22H24N4/c1-14-8-15(2)11-19(10-14)25-18(5)26(22-21(25)23-6-7-24-22)20-12-16(3)9-17(4)13-20/h6-13,18H,1-5H3. The minimum atomic E-state index is 0.0924. The van der Waals surface area contributed by atoms with Crippen molar-refractivity contribution in [2.24, 2.45) is 0 Å². The molecule has 4 rings (SSSR count). The summed E-state index contributed by atoms with van der Waals surface area (Å²) < 4.78 is 0. The van der Waals surface area contributed by atoms with E-state index in [1.807, 2.05) is 0 Å². The van der Waals surface area contributed by atoms with Crippen molar-refractivity contribution >= 4 is 23.0 Å². The van der Waals surface area contributed by atoms with E-state index in [0.29, 0.717) is 0 Å². The zero-order chi connectivity index (χ0) is 18.4. The van der Waals surface area contributed by atoms with Crippen molar-refractivity contribution < 1.29 is 0 Å². The maximum absolute atomic E-state index is 4.67. The smallest absolute Gasteiger partial charge is 0.178 e. The highest BCUT2D eigenvalue weighted by molar-refractivity contribution is 5.83. The molecule has 132 valence electrons. The van der Waals surface area contributed by atoms with Crippen molar-refractivity contribution in [3.8, 4) is 0 Å². The quantitative estimate of drug-likeness (QED) is 0.627. The second-order valence-electron chi connectivity index (χ2n) is 7.27. The molecule has 0 amide bonds. The van der Waals surface area contributed by atoms with Crippen LogP contribution in [0.3, 0.4) is 0 Å². The molecule has 0 aliphatic carbocycles. The number of fused-ring (bicyclic) bond motifs is 1. The van der Waals surface area contributed by atoms with Gasteiger partial charge in [0.05, 0.1) is 0 Å². The Morgan fingerprint density at radius 2 is 0.962 bits per heavy atom. The van der Waals surface area contributed by atoms with Crippen LogP contribution in [0, 0.1) is 27.7 Å². The Labute approximate surface area is 155 Å². The van der Waals surface area contributed by atoms with Crippen LogP contribution in [0.4, 0.5) is 23.0 Å². The van der Waals surface area contributed by atoms with Crippen LogP contribution in [0.1, 0.15) is 29.2 Å². The number of aromatic nitrogens is 2. The molecule has 26 heavy (non-hydrogen) atoms. The average molecular weight is 344 g/mol. The van der Waals surface area contributed by atoms with Crippen molar-refractivity contribution in [2.45, 2.75) is 40.8 Å². The third-order valence-corrected chi connectivity index (χ3v) is 4.83. The highest BCUT2D eigenvalue weighted by atomic mass is 15.5. The summed E-state index contributed by atoms with van der Waals surface area (Å²) in [5.74, 6) is 1.81. The Kier molecular flexibility index (Phi) is 3.91. The van der Waals surface area contributed by atoms with Gasteiger partial charge in [-0.05, 0) is 81.1 Å². The predicted octanol–water partition coefficient (Wildman–Crippen LogP) is 5.35. The van der Waals surface area contributed by atoms with Crippen LogP contribution in [0.2, 0.25) is 0 Å². The average Bonchev–Trinajstić information content (AvgIpc) is 2.84. The molecule has 1 aromatic heterocycles. The largest absolute Gasteiger partial charge is 0.302 e. The van der Waals surface area contributed by atoms with Gasteiger partial charge in [-0.2, -0.15) is 0 Å². The minimum Gasteiger partial charge on any atom is -0.302 e. The first-order valence-corrected chi connectivity index (χ1v) is 9.00. The maximum Gasteiger partial charge on any atom is 0.178 e. The maximum atomic E-state index is 4.67. The topological polar surface area (TPSA) is 32.3 Å². The monoisotopic (exact) mass is 344 g/mol. The molecule has 1 aliphatic rings. The van der Waals surface area contributed by atoms with Gasteiger partial charge in [0.2, 0.25) is 0 Å². The van der Waals surface area contributed by atoms with Crippen LogP contribution in [-0.2, 0) is 0 Å². The highest BCUT2D eigenvalue weighted by Crippen LogP contribution is 2.45. The molecule has 4 heteroatoms. The molecule has 2 aromatic carbocycles. The van der Waals surface area contributed by atoms with E-state index in [1.54, 1.807) is 12.4 Å². The molecule has 0 atom stereocenters. The van der Waals surface area contributed by atoms with Gasteiger partial charge in [-0.25, -0.2) is 9.97 Å². The van der Waals surface area contributed by atoms with E-state index < -0.39 is 0 Å². The highest BCUT2D eigenvalue weighted by Gasteiger charge is 2.37. The fourth-order valence-electron chi connectivity index (χ4n) is 3.99. The van der Waals surface area contributed by atoms with Gasteiger partial charge in [-0.3, -0.25) is 0 Å². The van der Waals surface area contributed by atoms with Gasteiger partial charge in [-0.15, -0.1) is 0 Å². The Hall–Kier alpha value is -2.88. The number of anilines is 4. The zero-order valence-electron chi connectivity index (χ0n) is 16.0. The molecule has 0 spiro atoms. The lowest BCUT2D eigenvalue weighted by atomic mass is 10.1. The third kappa shape index (κ3) is 2.71. The lowest BCUT2D eigenvalue weighted by molar-refractivity contribution is 0.753. The predicted molar refractivity (Wildman–Crippen MR) is 108 cm³/mol. The van der Waals surface area contributed by atoms with E-state index in [0.717, 1.165) is 23.0 Å². The summed E-state index contributed by atoms with van der Waals surface area (Å²) in [7, 11) is 0. The van der Waals surface area contributed by atoms with Crippen LogP contribution in [0.5, 0.6) is 0 Å². The van der Waals surface area contributed by atoms with Crippen LogP contribution in [0.25, 0.3) is 0 Å². The minimum absolute atomic E-state index is 0.0924. The van der Waals surface area contributed by atoms with Crippen molar-refractivity contribution in [2.75, 3.05) is 9.80 Å². The molecule has 0 N–H and O–H groups in total. The summed E-state index contributed by atoms with van der Waals surface area (Å²) >= 11 is 0. The van der Waals surface area contributed by atoms with Crippen LogP contribution in [-0.4, -0.2) is 16.1 Å². The van der Waals surface area contributed by atoms with Gasteiger partial charge < -0.3 is 9.80 Å². The number of nitrogens with zero attached hydrogens (tertiary/aromatic N) is 4. The van der Waals surface area contributed by atoms with E-state index in [2.05, 4.69) is 90.8 Å². The molecule has 0 radical (unpaired) electrons. The summed E-state index contributed by atoms with van der Waals surface area (Å²) in [6.07, 6.45) is 3.63. The second-order valence-corrected chi connectivity index (χ2v) is 7.27. The van der Waals surface area contributed by atoms with Crippen LogP contribution >= 0.6 is 0 Å². The summed E-state index contributed by atoms with van der Waals surface area (Å²) in [4.78, 5) is 13.9. The number of rotatable bonds is 2. The first-order valence-electron chi connectivity index (χ1n) is 9.00. The van der Waals surface area contributed by atoms with Crippen molar-refractivity contribution in [3.63, 3.8) is 0 Å². The van der Waals surface area contributed by atoms with Crippen LogP contribution < -0.4 is 9.80 Å². The van der Waals surface area contributed by atoms with Gasteiger partial charge in [0, 0.05) is 23.8 Å². The van der Waals surface area contributed by atoms with E-state index in [-0.39, 0.29) is 6.17 Å². The van der Waals surface area contributed by atoms with E-state index in [1.165, 1.54) is 22.3 Å². The van der Waals surface area contributed by atoms with Gasteiger partial charge >= 0.3 is 0 Å². The van der Waals surface area contributed by atoms with Gasteiger partial charge in [0.25, 0.3) is 0 Å². The number of aryl methyl sites for hydroxylation is 4. The van der Waals surface area contributed by atoms with Gasteiger partial charge in [-0.1, -0.05) is 12.1 Å². The summed E-state index contributed by atoms with van der Waals surface area (Å²) in [6.45, 7) is 10.7. The molecule has 3 aromatic rings. The normalized spacial score (nSPS) is 14.0. The zero-order valence-corrected chi connectivity index (χ0v) is 16.0. The fraction of sp³-hybridized carbons (Fsp3) is 0.273. The second kappa shape index (κ2) is 6.13. The SMILES string of the molecule is Cc1cc(C)cc(N2c3nccnc3N(c3cc(C)cc(C)c3)C2C)c1. The molecule has 1 aliphatic heterocycles. The summed E-state index contributed by atoms with van der Waals surface area (Å²) in [5.41, 5.74) is 7.32. The Bertz CT molecular complexity index is 861. The molecule has 0 bridgehead atoms. The lowest BCUT2D eigenvalue weighted by Gasteiger charge is -2.30. The molecular weight excluding hydrogens is 320 g/mol.